The van der Waals surface area contributed by atoms with Crippen molar-refractivity contribution in [3.8, 4) is 0 Å². The molecule has 0 saturated carbocycles. The number of hydrogen-bond acceptors (Lipinski definition) is 3. The lowest BCUT2D eigenvalue weighted by Crippen LogP contribution is -2.25. The number of aryl methyl sites for hydroxylation is 1. The molecule has 6 heteroatoms. The van der Waals surface area contributed by atoms with E-state index in [0.717, 1.165) is 17.5 Å². The van der Waals surface area contributed by atoms with E-state index in [-0.39, 0.29) is 10.8 Å². The van der Waals surface area contributed by atoms with Gasteiger partial charge in [-0.05, 0) is 43.2 Å². The first kappa shape index (κ1) is 18.2. The largest absolute Gasteiger partial charge is 0.348 e. The fraction of sp³-hybridized carbons (Fsp3) is 0.278. The minimum absolute atomic E-state index is 0.159. The number of rotatable bonds is 7. The van der Waals surface area contributed by atoms with Gasteiger partial charge in [0.15, 0.2) is 0 Å². The van der Waals surface area contributed by atoms with Crippen molar-refractivity contribution < 1.29 is 13.2 Å². The van der Waals surface area contributed by atoms with Crippen molar-refractivity contribution >= 4 is 15.9 Å². The Morgan fingerprint density at radius 1 is 1.08 bits per heavy atom. The monoisotopic (exact) mass is 346 g/mol. The van der Waals surface area contributed by atoms with Gasteiger partial charge in [0, 0.05) is 18.7 Å². The fourth-order valence-electron chi connectivity index (χ4n) is 2.21. The number of carbonyl (C=O) groups is 1. The molecule has 0 aliphatic rings. The minimum atomic E-state index is -3.51. The molecule has 24 heavy (non-hydrogen) atoms. The average molecular weight is 346 g/mol. The number of hydrogen-bond donors (Lipinski definition) is 2. The SMILES string of the molecule is CCCNS(=O)(=O)c1ccc(C(=O)NCc2cccc(C)c2)cc1. The van der Waals surface area contributed by atoms with Crippen molar-refractivity contribution in [1.82, 2.24) is 10.0 Å². The van der Waals surface area contributed by atoms with E-state index in [4.69, 9.17) is 0 Å². The maximum Gasteiger partial charge on any atom is 0.251 e. The number of sulfonamides is 1. The molecule has 0 bridgehead atoms. The zero-order valence-electron chi connectivity index (χ0n) is 13.9. The zero-order valence-corrected chi connectivity index (χ0v) is 14.7. The fourth-order valence-corrected chi connectivity index (χ4v) is 3.35. The summed E-state index contributed by atoms with van der Waals surface area (Å²) in [5, 5.41) is 2.83. The van der Waals surface area contributed by atoms with E-state index in [1.165, 1.54) is 24.3 Å². The van der Waals surface area contributed by atoms with Crippen LogP contribution in [-0.4, -0.2) is 20.9 Å². The molecule has 0 aromatic heterocycles. The van der Waals surface area contributed by atoms with Crippen LogP contribution >= 0.6 is 0 Å². The van der Waals surface area contributed by atoms with Gasteiger partial charge in [0.1, 0.15) is 0 Å². The lowest BCUT2D eigenvalue weighted by atomic mass is 10.1. The Morgan fingerprint density at radius 3 is 2.42 bits per heavy atom. The highest BCUT2D eigenvalue weighted by atomic mass is 32.2. The molecule has 0 fully saturated rings. The summed E-state index contributed by atoms with van der Waals surface area (Å²) >= 11 is 0. The standard InChI is InChI=1S/C18H22N2O3S/c1-3-11-20-24(22,23)17-9-7-16(8-10-17)18(21)19-13-15-6-4-5-14(2)12-15/h4-10,12,20H,3,11,13H2,1-2H3,(H,19,21). The molecule has 0 radical (unpaired) electrons. The second-order valence-electron chi connectivity index (χ2n) is 5.59. The molecule has 2 N–H and O–H groups in total. The maximum absolute atomic E-state index is 12.2. The second kappa shape index (κ2) is 8.08. The van der Waals surface area contributed by atoms with Gasteiger partial charge in [-0.2, -0.15) is 0 Å². The molecule has 0 aliphatic heterocycles. The van der Waals surface area contributed by atoms with Crippen LogP contribution in [-0.2, 0) is 16.6 Å². The Hall–Kier alpha value is -2.18. The molecule has 0 spiro atoms. The number of nitrogens with one attached hydrogen (secondary N) is 2. The van der Waals surface area contributed by atoms with Crippen molar-refractivity contribution in [2.45, 2.75) is 31.7 Å². The lowest BCUT2D eigenvalue weighted by molar-refractivity contribution is 0.0951. The first-order valence-corrected chi connectivity index (χ1v) is 9.34. The highest BCUT2D eigenvalue weighted by Gasteiger charge is 2.14. The minimum Gasteiger partial charge on any atom is -0.348 e. The van der Waals surface area contributed by atoms with Gasteiger partial charge in [-0.1, -0.05) is 36.8 Å². The smallest absolute Gasteiger partial charge is 0.251 e. The van der Waals surface area contributed by atoms with E-state index in [0.29, 0.717) is 18.7 Å². The highest BCUT2D eigenvalue weighted by molar-refractivity contribution is 7.89. The van der Waals surface area contributed by atoms with Crippen LogP contribution in [0.4, 0.5) is 0 Å². The van der Waals surface area contributed by atoms with Gasteiger partial charge in [0.25, 0.3) is 5.91 Å². The predicted octanol–water partition coefficient (Wildman–Crippen LogP) is 2.61. The Bertz CT molecular complexity index is 799. The molecule has 128 valence electrons. The van der Waals surface area contributed by atoms with Crippen LogP contribution in [0.5, 0.6) is 0 Å². The first-order valence-electron chi connectivity index (χ1n) is 7.86. The summed E-state index contributed by atoms with van der Waals surface area (Å²) in [6.45, 7) is 4.71. The summed E-state index contributed by atoms with van der Waals surface area (Å²) in [7, 11) is -3.51. The van der Waals surface area contributed by atoms with Gasteiger partial charge in [0.2, 0.25) is 10.0 Å². The molecule has 5 nitrogen and oxygen atoms in total. The van der Waals surface area contributed by atoms with Crippen LogP contribution in [0.25, 0.3) is 0 Å². The summed E-state index contributed by atoms with van der Waals surface area (Å²) in [5.74, 6) is -0.234. The van der Waals surface area contributed by atoms with Crippen LogP contribution in [0.15, 0.2) is 53.4 Å². The van der Waals surface area contributed by atoms with E-state index in [1.807, 2.05) is 38.1 Å². The Morgan fingerprint density at radius 2 is 1.79 bits per heavy atom. The molecular weight excluding hydrogens is 324 g/mol. The summed E-state index contributed by atoms with van der Waals surface area (Å²) in [6.07, 6.45) is 0.721. The van der Waals surface area contributed by atoms with E-state index in [9.17, 15) is 13.2 Å². The third kappa shape index (κ3) is 4.91. The summed E-state index contributed by atoms with van der Waals surface area (Å²) in [6, 6.07) is 13.8. The van der Waals surface area contributed by atoms with Gasteiger partial charge < -0.3 is 5.32 Å². The molecule has 1 amide bonds. The summed E-state index contributed by atoms with van der Waals surface area (Å²) < 4.78 is 26.5. The number of carbonyl (C=O) groups excluding carboxylic acids is 1. The van der Waals surface area contributed by atoms with Crippen LogP contribution < -0.4 is 10.0 Å². The molecule has 0 heterocycles. The number of benzene rings is 2. The molecular formula is C18H22N2O3S. The van der Waals surface area contributed by atoms with Crippen LogP contribution in [0.2, 0.25) is 0 Å². The van der Waals surface area contributed by atoms with Crippen LogP contribution in [0, 0.1) is 6.92 Å². The van der Waals surface area contributed by atoms with Gasteiger partial charge in [0.05, 0.1) is 4.90 Å². The summed E-state index contributed by atoms with van der Waals surface area (Å²) in [5.41, 5.74) is 2.58. The number of amides is 1. The van der Waals surface area contributed by atoms with Gasteiger partial charge >= 0.3 is 0 Å². The van der Waals surface area contributed by atoms with Crippen LogP contribution in [0.3, 0.4) is 0 Å². The van der Waals surface area contributed by atoms with Crippen molar-refractivity contribution in [2.75, 3.05) is 6.54 Å². The third-order valence-corrected chi connectivity index (χ3v) is 4.98. The van der Waals surface area contributed by atoms with E-state index >= 15 is 0 Å². The Kier molecular flexibility index (Phi) is 6.11. The zero-order chi connectivity index (χ0) is 17.6. The highest BCUT2D eigenvalue weighted by Crippen LogP contribution is 2.11. The van der Waals surface area contributed by atoms with E-state index < -0.39 is 10.0 Å². The van der Waals surface area contributed by atoms with E-state index in [2.05, 4.69) is 10.0 Å². The van der Waals surface area contributed by atoms with E-state index in [1.54, 1.807) is 0 Å². The topological polar surface area (TPSA) is 75.3 Å². The normalized spacial score (nSPS) is 11.2. The van der Waals surface area contributed by atoms with Crippen LogP contribution in [0.1, 0.15) is 34.8 Å². The van der Waals surface area contributed by atoms with Gasteiger partial charge in [-0.15, -0.1) is 0 Å². The van der Waals surface area contributed by atoms with Crippen molar-refractivity contribution in [3.63, 3.8) is 0 Å². The van der Waals surface area contributed by atoms with Gasteiger partial charge in [-0.25, -0.2) is 13.1 Å². The first-order chi connectivity index (χ1) is 11.4. The quantitative estimate of drug-likeness (QED) is 0.809. The molecule has 2 rings (SSSR count). The van der Waals surface area contributed by atoms with Gasteiger partial charge in [-0.3, -0.25) is 4.79 Å². The lowest BCUT2D eigenvalue weighted by Gasteiger charge is -2.08. The Labute approximate surface area is 143 Å². The maximum atomic E-state index is 12.2. The molecule has 0 saturated heterocycles. The predicted molar refractivity (Wildman–Crippen MR) is 94.3 cm³/mol. The van der Waals surface area contributed by atoms with Crippen molar-refractivity contribution in [3.05, 3.63) is 65.2 Å². The van der Waals surface area contributed by atoms with Crippen molar-refractivity contribution in [2.24, 2.45) is 0 Å². The molecule has 2 aromatic rings. The third-order valence-electron chi connectivity index (χ3n) is 3.50. The summed E-state index contributed by atoms with van der Waals surface area (Å²) in [4.78, 5) is 12.3. The molecule has 0 unspecified atom stereocenters. The Balaban J connectivity index is 2.01. The molecule has 2 aromatic carbocycles. The average Bonchev–Trinajstić information content (AvgIpc) is 2.58. The molecule has 0 atom stereocenters. The molecule has 0 aliphatic carbocycles. The second-order valence-corrected chi connectivity index (χ2v) is 7.36. The van der Waals surface area contributed by atoms with Crippen molar-refractivity contribution in [1.29, 1.82) is 0 Å².